The van der Waals surface area contributed by atoms with Gasteiger partial charge in [-0.15, -0.1) is 10.2 Å². The van der Waals surface area contributed by atoms with Crippen LogP contribution in [0.3, 0.4) is 0 Å². The van der Waals surface area contributed by atoms with Crippen molar-refractivity contribution < 1.29 is 9.15 Å². The quantitative estimate of drug-likeness (QED) is 0.699. The van der Waals surface area contributed by atoms with Crippen LogP contribution in [0.4, 0.5) is 0 Å². The summed E-state index contributed by atoms with van der Waals surface area (Å²) in [5, 5.41) is 8.28. The van der Waals surface area contributed by atoms with Gasteiger partial charge in [0, 0.05) is 29.8 Å². The van der Waals surface area contributed by atoms with Crippen molar-refractivity contribution in [1.29, 1.82) is 0 Å². The molecule has 7 heteroatoms. The van der Waals surface area contributed by atoms with Gasteiger partial charge in [0.25, 0.3) is 0 Å². The van der Waals surface area contributed by atoms with Crippen LogP contribution < -0.4 is 4.74 Å². The fourth-order valence-electron chi connectivity index (χ4n) is 3.22. The summed E-state index contributed by atoms with van der Waals surface area (Å²) in [6.07, 6.45) is 0.881. The number of hydrogen-bond donors (Lipinski definition) is 0. The zero-order valence-corrected chi connectivity index (χ0v) is 15.1. The van der Waals surface area contributed by atoms with Gasteiger partial charge in [-0.3, -0.25) is 4.90 Å². The van der Waals surface area contributed by atoms with E-state index in [2.05, 4.69) is 25.1 Å². The van der Waals surface area contributed by atoms with E-state index in [1.54, 1.807) is 0 Å². The minimum Gasteiger partial charge on any atom is -0.472 e. The van der Waals surface area contributed by atoms with Crippen molar-refractivity contribution >= 4 is 0 Å². The number of ether oxygens (including phenoxy) is 1. The zero-order valence-electron chi connectivity index (χ0n) is 15.1. The summed E-state index contributed by atoms with van der Waals surface area (Å²) in [6.45, 7) is 5.21. The number of aryl methyl sites for hydroxylation is 2. The van der Waals surface area contributed by atoms with E-state index in [0.717, 1.165) is 41.5 Å². The Balaban J connectivity index is 1.37. The van der Waals surface area contributed by atoms with Crippen LogP contribution in [0.1, 0.15) is 23.0 Å². The molecular weight excluding hydrogens is 330 g/mol. The van der Waals surface area contributed by atoms with Crippen LogP contribution in [-0.4, -0.2) is 44.8 Å². The minimum atomic E-state index is 0.0568. The number of rotatable bonds is 5. The average Bonchev–Trinajstić information content (AvgIpc) is 3.22. The van der Waals surface area contributed by atoms with Crippen molar-refractivity contribution in [3.05, 3.63) is 53.3 Å². The normalized spacial score (nSPS) is 15.9. The Morgan fingerprint density at radius 2 is 1.92 bits per heavy atom. The molecule has 0 saturated carbocycles. The first-order chi connectivity index (χ1) is 12.6. The third kappa shape index (κ3) is 3.43. The van der Waals surface area contributed by atoms with Crippen LogP contribution >= 0.6 is 0 Å². The van der Waals surface area contributed by atoms with Crippen LogP contribution in [-0.2, 0) is 13.0 Å². The summed E-state index contributed by atoms with van der Waals surface area (Å²) >= 11 is 0. The third-order valence-electron chi connectivity index (χ3n) is 4.41. The summed E-state index contributed by atoms with van der Waals surface area (Å²) in [5.74, 6) is 2.60. The maximum Gasteiger partial charge on any atom is 0.247 e. The van der Waals surface area contributed by atoms with E-state index in [1.807, 2.05) is 51.2 Å². The second-order valence-corrected chi connectivity index (χ2v) is 6.65. The van der Waals surface area contributed by atoms with Gasteiger partial charge in [0.1, 0.15) is 11.9 Å². The molecule has 0 unspecified atom stereocenters. The zero-order chi connectivity index (χ0) is 18.1. The van der Waals surface area contributed by atoms with Gasteiger partial charge in [-0.05, 0) is 33.0 Å². The van der Waals surface area contributed by atoms with E-state index < -0.39 is 0 Å². The number of benzene rings is 1. The Kier molecular flexibility index (Phi) is 4.38. The number of aromatic nitrogens is 4. The number of hydrogen-bond acceptors (Lipinski definition) is 7. The molecule has 0 amide bonds. The van der Waals surface area contributed by atoms with Crippen molar-refractivity contribution in [1.82, 2.24) is 25.1 Å². The van der Waals surface area contributed by atoms with Gasteiger partial charge in [0.05, 0.1) is 6.54 Å². The fraction of sp³-hybridized carbons (Fsp3) is 0.368. The summed E-state index contributed by atoms with van der Waals surface area (Å²) in [5.41, 5.74) is 3.04. The van der Waals surface area contributed by atoms with E-state index in [0.29, 0.717) is 18.3 Å². The molecule has 26 heavy (non-hydrogen) atoms. The predicted octanol–water partition coefficient (Wildman–Crippen LogP) is 2.58. The molecule has 3 aromatic rings. The number of fused-ring (bicyclic) bond motifs is 1. The van der Waals surface area contributed by atoms with Gasteiger partial charge in [0.2, 0.25) is 17.7 Å². The maximum atomic E-state index is 5.99. The molecule has 7 nitrogen and oxygen atoms in total. The topological polar surface area (TPSA) is 77.2 Å². The van der Waals surface area contributed by atoms with Gasteiger partial charge in [-0.25, -0.2) is 4.98 Å². The molecule has 3 heterocycles. The van der Waals surface area contributed by atoms with Crippen molar-refractivity contribution in [3.63, 3.8) is 0 Å². The monoisotopic (exact) mass is 351 g/mol. The van der Waals surface area contributed by atoms with Crippen LogP contribution in [0.25, 0.3) is 11.5 Å². The molecule has 0 saturated heterocycles. The summed E-state index contributed by atoms with van der Waals surface area (Å²) in [6, 6.07) is 9.77. The van der Waals surface area contributed by atoms with Crippen LogP contribution in [0, 0.1) is 13.8 Å². The second kappa shape index (κ2) is 6.84. The van der Waals surface area contributed by atoms with Crippen molar-refractivity contribution in [2.75, 3.05) is 13.6 Å². The molecular formula is C19H21N5O2. The standard InChI is InChI=1S/C19H21N5O2/c1-12-16-9-15(25-19(16)21-13(2)20-12)10-24(3)11-17-22-23-18(26-17)14-7-5-4-6-8-14/h4-8,15H,9-11H2,1-3H3/t15-/m0/s1. The van der Waals surface area contributed by atoms with E-state index in [1.165, 1.54) is 0 Å². The van der Waals surface area contributed by atoms with Gasteiger partial charge in [-0.1, -0.05) is 18.2 Å². The largest absolute Gasteiger partial charge is 0.472 e. The average molecular weight is 351 g/mol. The first-order valence-corrected chi connectivity index (χ1v) is 8.65. The smallest absolute Gasteiger partial charge is 0.247 e. The first kappa shape index (κ1) is 16.7. The molecule has 0 N–H and O–H groups in total. The molecule has 134 valence electrons. The lowest BCUT2D eigenvalue weighted by Crippen LogP contribution is -2.31. The molecule has 0 spiro atoms. The van der Waals surface area contributed by atoms with E-state index in [-0.39, 0.29) is 6.10 Å². The minimum absolute atomic E-state index is 0.0568. The highest BCUT2D eigenvalue weighted by atomic mass is 16.5. The van der Waals surface area contributed by atoms with Crippen LogP contribution in [0.15, 0.2) is 34.7 Å². The fourth-order valence-corrected chi connectivity index (χ4v) is 3.22. The second-order valence-electron chi connectivity index (χ2n) is 6.65. The molecule has 0 fully saturated rings. The van der Waals surface area contributed by atoms with E-state index in [4.69, 9.17) is 9.15 Å². The Hall–Kier alpha value is -2.80. The third-order valence-corrected chi connectivity index (χ3v) is 4.41. The van der Waals surface area contributed by atoms with Crippen LogP contribution in [0.2, 0.25) is 0 Å². The molecule has 1 aromatic carbocycles. The summed E-state index contributed by atoms with van der Waals surface area (Å²) < 4.78 is 11.8. The maximum absolute atomic E-state index is 5.99. The molecule has 1 atom stereocenters. The predicted molar refractivity (Wildman–Crippen MR) is 95.7 cm³/mol. The molecule has 2 aromatic heterocycles. The van der Waals surface area contributed by atoms with Crippen molar-refractivity contribution in [2.45, 2.75) is 32.9 Å². The van der Waals surface area contributed by atoms with Crippen LogP contribution in [0.5, 0.6) is 5.88 Å². The lowest BCUT2D eigenvalue weighted by molar-refractivity contribution is 0.154. The SMILES string of the molecule is Cc1nc(C)c2c(n1)O[C@H](CN(C)Cc1nnc(-c3ccccc3)o1)C2. The van der Waals surface area contributed by atoms with Crippen molar-refractivity contribution in [3.8, 4) is 17.3 Å². The molecule has 0 aliphatic carbocycles. The Morgan fingerprint density at radius 3 is 2.73 bits per heavy atom. The molecule has 4 rings (SSSR count). The van der Waals surface area contributed by atoms with Gasteiger partial charge >= 0.3 is 0 Å². The first-order valence-electron chi connectivity index (χ1n) is 8.65. The van der Waals surface area contributed by atoms with E-state index in [9.17, 15) is 0 Å². The number of likely N-dealkylation sites (N-methyl/N-ethyl adjacent to an activating group) is 1. The van der Waals surface area contributed by atoms with Gasteiger partial charge < -0.3 is 9.15 Å². The Bertz CT molecular complexity index is 910. The van der Waals surface area contributed by atoms with Gasteiger partial charge in [0.15, 0.2) is 0 Å². The molecule has 0 radical (unpaired) electrons. The number of nitrogens with zero attached hydrogens (tertiary/aromatic N) is 5. The highest BCUT2D eigenvalue weighted by Gasteiger charge is 2.28. The lowest BCUT2D eigenvalue weighted by atomic mass is 10.1. The Morgan fingerprint density at radius 1 is 1.12 bits per heavy atom. The summed E-state index contributed by atoms with van der Waals surface area (Å²) in [7, 11) is 2.02. The van der Waals surface area contributed by atoms with Gasteiger partial charge in [-0.2, -0.15) is 4.98 Å². The Labute approximate surface area is 152 Å². The highest BCUT2D eigenvalue weighted by molar-refractivity contribution is 5.51. The van der Waals surface area contributed by atoms with E-state index >= 15 is 0 Å². The molecule has 0 bridgehead atoms. The lowest BCUT2D eigenvalue weighted by Gasteiger charge is -2.18. The molecule has 1 aliphatic rings. The molecule has 1 aliphatic heterocycles. The summed E-state index contributed by atoms with van der Waals surface area (Å²) in [4.78, 5) is 10.9. The van der Waals surface area contributed by atoms with Crippen molar-refractivity contribution in [2.24, 2.45) is 0 Å². The highest BCUT2D eigenvalue weighted by Crippen LogP contribution is 2.29.